The van der Waals surface area contributed by atoms with Gasteiger partial charge < -0.3 is 10.2 Å². The van der Waals surface area contributed by atoms with Crippen molar-refractivity contribution >= 4 is 46.2 Å². The topological polar surface area (TPSA) is 57.8 Å². The molecule has 0 bridgehead atoms. The average molecular weight is 533 g/mol. The molecular formula is C31H22ClFN6. The van der Waals surface area contributed by atoms with Crippen LogP contribution in [0.3, 0.4) is 0 Å². The summed E-state index contributed by atoms with van der Waals surface area (Å²) >= 11 is 6.13. The molecule has 8 heteroatoms. The molecule has 190 valence electrons. The van der Waals surface area contributed by atoms with Crippen molar-refractivity contribution in [2.45, 2.75) is 13.0 Å². The highest BCUT2D eigenvalue weighted by Gasteiger charge is 2.42. The van der Waals surface area contributed by atoms with Crippen molar-refractivity contribution in [2.24, 2.45) is 9.98 Å². The van der Waals surface area contributed by atoms with E-state index in [1.165, 1.54) is 6.07 Å². The van der Waals surface area contributed by atoms with Crippen molar-refractivity contribution in [3.05, 3.63) is 131 Å². The highest BCUT2D eigenvalue weighted by molar-refractivity contribution is 6.51. The number of anilines is 2. The van der Waals surface area contributed by atoms with Gasteiger partial charge in [0.1, 0.15) is 5.82 Å². The van der Waals surface area contributed by atoms with Crippen molar-refractivity contribution in [3.63, 3.8) is 0 Å². The second-order valence-electron chi connectivity index (χ2n) is 9.38. The van der Waals surface area contributed by atoms with Gasteiger partial charge in [0.25, 0.3) is 0 Å². The number of hydrogen-bond acceptors (Lipinski definition) is 5. The van der Waals surface area contributed by atoms with Gasteiger partial charge in [0, 0.05) is 21.8 Å². The second kappa shape index (κ2) is 9.22. The number of nitrogens with zero attached hydrogens (tertiary/aromatic N) is 5. The van der Waals surface area contributed by atoms with Crippen LogP contribution in [0.2, 0.25) is 5.02 Å². The summed E-state index contributed by atoms with van der Waals surface area (Å²) in [6, 6.07) is 31.4. The van der Waals surface area contributed by atoms with Crippen LogP contribution in [0, 0.1) is 12.7 Å². The third-order valence-corrected chi connectivity index (χ3v) is 7.20. The number of rotatable bonds is 3. The van der Waals surface area contributed by atoms with Gasteiger partial charge in [-0.05, 0) is 61.5 Å². The fourth-order valence-corrected chi connectivity index (χ4v) is 5.33. The molecule has 2 aliphatic heterocycles. The quantitative estimate of drug-likeness (QED) is 0.258. The third kappa shape index (κ3) is 3.90. The predicted octanol–water partition coefficient (Wildman–Crippen LogP) is 7.77. The van der Waals surface area contributed by atoms with Crippen molar-refractivity contribution in [3.8, 4) is 5.69 Å². The molecule has 6 nitrogen and oxygen atoms in total. The molecular weight excluding hydrogens is 511 g/mol. The summed E-state index contributed by atoms with van der Waals surface area (Å²) in [5.41, 5.74) is 5.42. The fourth-order valence-electron chi connectivity index (χ4n) is 5.21. The van der Waals surface area contributed by atoms with E-state index in [0.29, 0.717) is 28.1 Å². The summed E-state index contributed by atoms with van der Waals surface area (Å²) in [6.07, 6.45) is 0. The number of aliphatic imine (C=N–C) groups is 2. The first kappa shape index (κ1) is 23.4. The summed E-state index contributed by atoms with van der Waals surface area (Å²) in [5, 5.41) is 8.95. The van der Waals surface area contributed by atoms with E-state index in [0.717, 1.165) is 34.0 Å². The number of benzene rings is 4. The molecule has 2 aliphatic rings. The molecule has 0 spiro atoms. The van der Waals surface area contributed by atoms with Gasteiger partial charge in [0.15, 0.2) is 17.5 Å². The molecule has 0 saturated carbocycles. The van der Waals surface area contributed by atoms with E-state index in [2.05, 4.69) is 10.2 Å². The zero-order valence-electron chi connectivity index (χ0n) is 20.9. The number of fused-ring (bicyclic) bond motifs is 4. The maximum absolute atomic E-state index is 15.6. The van der Waals surface area contributed by atoms with Crippen LogP contribution < -0.4 is 10.2 Å². The van der Waals surface area contributed by atoms with E-state index in [9.17, 15) is 0 Å². The molecule has 1 N–H and O–H groups in total. The number of hydrogen-bond donors (Lipinski definition) is 1. The summed E-state index contributed by atoms with van der Waals surface area (Å²) in [4.78, 5) is 12.2. The minimum Gasteiger partial charge on any atom is -0.337 e. The molecule has 0 saturated heterocycles. The fraction of sp³-hybridized carbons (Fsp3) is 0.0645. The van der Waals surface area contributed by atoms with Gasteiger partial charge in [0.2, 0.25) is 0 Å². The molecule has 0 amide bonds. The normalized spacial score (nSPS) is 15.6. The van der Waals surface area contributed by atoms with Gasteiger partial charge >= 0.3 is 0 Å². The zero-order valence-corrected chi connectivity index (χ0v) is 21.6. The highest BCUT2D eigenvalue weighted by Crippen LogP contribution is 2.48. The monoisotopic (exact) mass is 532 g/mol. The molecule has 1 aromatic heterocycles. The third-order valence-electron chi connectivity index (χ3n) is 6.95. The van der Waals surface area contributed by atoms with E-state index >= 15 is 4.39 Å². The molecule has 0 aliphatic carbocycles. The van der Waals surface area contributed by atoms with Crippen molar-refractivity contribution < 1.29 is 4.39 Å². The number of nitrogens with one attached hydrogen (secondary N) is 1. The SMILES string of the molecule is Cc1nn(-c2ccccc2)c2c1C(c1ccccc1F)N1C(=N2)C(Nc2ccc(Cl)cc2)=Nc2ccccc21. The van der Waals surface area contributed by atoms with Crippen LogP contribution in [-0.2, 0) is 0 Å². The Morgan fingerprint density at radius 3 is 2.33 bits per heavy atom. The molecule has 3 heterocycles. The highest BCUT2D eigenvalue weighted by atomic mass is 35.5. The van der Waals surface area contributed by atoms with Crippen LogP contribution in [0.4, 0.5) is 27.3 Å². The minimum absolute atomic E-state index is 0.297. The van der Waals surface area contributed by atoms with Crippen molar-refractivity contribution in [2.75, 3.05) is 10.2 Å². The smallest absolute Gasteiger partial charge is 0.179 e. The standard InChI is InChI=1S/C31H22ClFN6/c1-19-27-28(23-11-5-6-12-24(23)33)38-26-14-8-7-13-25(26)35-29(34-21-17-15-20(32)16-18-21)31(38)36-30(27)39(37-19)22-9-3-2-4-10-22/h2-18,28H,1H3,(H,34,35). The van der Waals surface area contributed by atoms with E-state index in [4.69, 9.17) is 26.7 Å². The lowest BCUT2D eigenvalue weighted by Gasteiger charge is -2.40. The maximum Gasteiger partial charge on any atom is 0.179 e. The van der Waals surface area contributed by atoms with Gasteiger partial charge in [-0.15, -0.1) is 0 Å². The summed E-state index contributed by atoms with van der Waals surface area (Å²) in [6.45, 7) is 1.95. The number of para-hydroxylation sites is 3. The second-order valence-corrected chi connectivity index (χ2v) is 9.82. The summed E-state index contributed by atoms with van der Waals surface area (Å²) < 4.78 is 17.4. The molecule has 4 aromatic carbocycles. The molecule has 7 rings (SSSR count). The first-order chi connectivity index (χ1) is 19.1. The van der Waals surface area contributed by atoms with Crippen LogP contribution in [0.15, 0.2) is 113 Å². The molecule has 1 atom stereocenters. The molecule has 1 unspecified atom stereocenters. The Labute approximate surface area is 229 Å². The summed E-state index contributed by atoms with van der Waals surface area (Å²) in [5.74, 6) is 1.46. The average Bonchev–Trinajstić information content (AvgIpc) is 3.30. The Balaban J connectivity index is 1.51. The lowest BCUT2D eigenvalue weighted by Crippen LogP contribution is -2.46. The Hall–Kier alpha value is -4.75. The first-order valence-corrected chi connectivity index (χ1v) is 12.9. The number of aromatic nitrogens is 2. The lowest BCUT2D eigenvalue weighted by atomic mass is 9.93. The summed E-state index contributed by atoms with van der Waals surface area (Å²) in [7, 11) is 0. The van der Waals surface area contributed by atoms with Crippen LogP contribution >= 0.6 is 11.6 Å². The zero-order chi connectivity index (χ0) is 26.5. The van der Waals surface area contributed by atoms with Crippen LogP contribution in [0.1, 0.15) is 22.9 Å². The molecule has 0 radical (unpaired) electrons. The lowest BCUT2D eigenvalue weighted by molar-refractivity contribution is 0.597. The van der Waals surface area contributed by atoms with Crippen molar-refractivity contribution in [1.82, 2.24) is 9.78 Å². The van der Waals surface area contributed by atoms with E-state index in [1.807, 2.05) is 103 Å². The Morgan fingerprint density at radius 2 is 1.54 bits per heavy atom. The van der Waals surface area contributed by atoms with Gasteiger partial charge in [-0.1, -0.05) is 60.1 Å². The largest absolute Gasteiger partial charge is 0.337 e. The van der Waals surface area contributed by atoms with Crippen LogP contribution in [-0.4, -0.2) is 21.5 Å². The van der Waals surface area contributed by atoms with E-state index in [1.54, 1.807) is 6.07 Å². The van der Waals surface area contributed by atoms with Gasteiger partial charge in [-0.3, -0.25) is 0 Å². The maximum atomic E-state index is 15.6. The van der Waals surface area contributed by atoms with Crippen LogP contribution in [0.5, 0.6) is 0 Å². The van der Waals surface area contributed by atoms with Crippen molar-refractivity contribution in [1.29, 1.82) is 0 Å². The van der Waals surface area contributed by atoms with Gasteiger partial charge in [0.05, 0.1) is 28.8 Å². The van der Waals surface area contributed by atoms with E-state index < -0.39 is 6.04 Å². The Bertz CT molecular complexity index is 1780. The number of halogens is 2. The van der Waals surface area contributed by atoms with Gasteiger partial charge in [-0.2, -0.15) is 5.10 Å². The Kier molecular flexibility index (Phi) is 5.52. The predicted molar refractivity (Wildman–Crippen MR) is 155 cm³/mol. The molecule has 39 heavy (non-hydrogen) atoms. The Morgan fingerprint density at radius 1 is 0.821 bits per heavy atom. The van der Waals surface area contributed by atoms with Gasteiger partial charge in [-0.25, -0.2) is 19.1 Å². The number of aryl methyl sites for hydroxylation is 1. The van der Waals surface area contributed by atoms with E-state index in [-0.39, 0.29) is 5.82 Å². The first-order valence-electron chi connectivity index (χ1n) is 12.6. The number of amidine groups is 2. The van der Waals surface area contributed by atoms with Crippen LogP contribution in [0.25, 0.3) is 5.69 Å². The minimum atomic E-state index is -0.523. The molecule has 0 fully saturated rings. The molecule has 5 aromatic rings.